The Balaban J connectivity index is 1.49. The zero-order valence-electron chi connectivity index (χ0n) is 13.3. The van der Waals surface area contributed by atoms with E-state index in [1.807, 2.05) is 30.3 Å². The summed E-state index contributed by atoms with van der Waals surface area (Å²) in [6.45, 7) is 0. The number of anilines is 1. The molecule has 4 aromatic rings. The minimum absolute atomic E-state index is 0.187. The lowest BCUT2D eigenvalue weighted by atomic mass is 10.2. The smallest absolute Gasteiger partial charge is 0.279 e. The number of amides is 1. The molecule has 2 aromatic carbocycles. The average Bonchev–Trinajstić information content (AvgIpc) is 3.33. The van der Waals surface area contributed by atoms with Gasteiger partial charge in [0.15, 0.2) is 10.8 Å². The van der Waals surface area contributed by atoms with Crippen molar-refractivity contribution in [3.05, 3.63) is 77.7 Å². The molecule has 1 N–H and O–H groups in total. The van der Waals surface area contributed by atoms with Gasteiger partial charge in [0.25, 0.3) is 5.91 Å². The molecule has 0 spiro atoms. The average molecular weight is 365 g/mol. The van der Waals surface area contributed by atoms with Crippen molar-refractivity contribution in [1.82, 2.24) is 20.0 Å². The minimum Gasteiger partial charge on any atom is -0.296 e. The van der Waals surface area contributed by atoms with E-state index in [0.717, 1.165) is 11.3 Å². The van der Waals surface area contributed by atoms with Gasteiger partial charge in [0.2, 0.25) is 0 Å². The number of nitrogens with one attached hydrogen (secondary N) is 1. The zero-order valence-corrected chi connectivity index (χ0v) is 14.2. The SMILES string of the molecule is O=C(Nc1nc(-c2ccc(F)cc2)cs1)c1cn(-c2ccccc2)nn1. The Labute approximate surface area is 151 Å². The van der Waals surface area contributed by atoms with Crippen LogP contribution in [-0.2, 0) is 0 Å². The molecular weight excluding hydrogens is 353 g/mol. The topological polar surface area (TPSA) is 72.7 Å². The number of aromatic nitrogens is 4. The second kappa shape index (κ2) is 6.85. The van der Waals surface area contributed by atoms with E-state index in [4.69, 9.17) is 0 Å². The van der Waals surface area contributed by atoms with Gasteiger partial charge in [0.1, 0.15) is 5.82 Å². The quantitative estimate of drug-likeness (QED) is 0.597. The van der Waals surface area contributed by atoms with Crippen LogP contribution < -0.4 is 5.32 Å². The summed E-state index contributed by atoms with van der Waals surface area (Å²) in [5.41, 5.74) is 2.44. The first-order valence-corrected chi connectivity index (χ1v) is 8.57. The number of rotatable bonds is 4. The maximum atomic E-state index is 13.0. The molecule has 0 aliphatic carbocycles. The molecule has 0 radical (unpaired) electrons. The van der Waals surface area contributed by atoms with Crippen LogP contribution in [0, 0.1) is 5.82 Å². The van der Waals surface area contributed by atoms with Crippen molar-refractivity contribution in [1.29, 1.82) is 0 Å². The van der Waals surface area contributed by atoms with Crippen molar-refractivity contribution in [2.45, 2.75) is 0 Å². The summed E-state index contributed by atoms with van der Waals surface area (Å²) >= 11 is 1.28. The number of benzene rings is 2. The lowest BCUT2D eigenvalue weighted by Gasteiger charge is -1.98. The number of hydrogen-bond donors (Lipinski definition) is 1. The third-order valence-corrected chi connectivity index (χ3v) is 4.37. The fourth-order valence-electron chi connectivity index (χ4n) is 2.32. The first-order valence-electron chi connectivity index (χ1n) is 7.69. The number of carbonyl (C=O) groups is 1. The highest BCUT2D eigenvalue weighted by molar-refractivity contribution is 7.14. The monoisotopic (exact) mass is 365 g/mol. The highest BCUT2D eigenvalue weighted by Gasteiger charge is 2.14. The van der Waals surface area contributed by atoms with Crippen molar-refractivity contribution in [2.24, 2.45) is 0 Å². The molecule has 2 aromatic heterocycles. The van der Waals surface area contributed by atoms with Crippen molar-refractivity contribution >= 4 is 22.4 Å². The molecule has 0 aliphatic rings. The van der Waals surface area contributed by atoms with E-state index >= 15 is 0 Å². The van der Waals surface area contributed by atoms with E-state index in [9.17, 15) is 9.18 Å². The van der Waals surface area contributed by atoms with E-state index in [0.29, 0.717) is 10.8 Å². The van der Waals surface area contributed by atoms with Crippen LogP contribution in [0.2, 0.25) is 0 Å². The molecule has 1 amide bonds. The van der Waals surface area contributed by atoms with Crippen LogP contribution in [-0.4, -0.2) is 25.9 Å². The normalized spacial score (nSPS) is 10.7. The van der Waals surface area contributed by atoms with Crippen LogP contribution in [0.3, 0.4) is 0 Å². The number of halogens is 1. The number of nitrogens with zero attached hydrogens (tertiary/aromatic N) is 4. The number of hydrogen-bond acceptors (Lipinski definition) is 5. The molecule has 26 heavy (non-hydrogen) atoms. The van der Waals surface area contributed by atoms with Crippen molar-refractivity contribution in [3.63, 3.8) is 0 Å². The lowest BCUT2D eigenvalue weighted by Crippen LogP contribution is -2.12. The van der Waals surface area contributed by atoms with Gasteiger partial charge >= 0.3 is 0 Å². The lowest BCUT2D eigenvalue weighted by molar-refractivity contribution is 0.102. The van der Waals surface area contributed by atoms with Gasteiger partial charge in [-0.05, 0) is 36.4 Å². The van der Waals surface area contributed by atoms with Crippen LogP contribution in [0.15, 0.2) is 66.2 Å². The van der Waals surface area contributed by atoms with Gasteiger partial charge in [-0.3, -0.25) is 10.1 Å². The number of thiazole rings is 1. The van der Waals surface area contributed by atoms with Crippen molar-refractivity contribution < 1.29 is 9.18 Å². The molecule has 0 unspecified atom stereocenters. The molecule has 6 nitrogen and oxygen atoms in total. The molecule has 4 rings (SSSR count). The summed E-state index contributed by atoms with van der Waals surface area (Å²) in [7, 11) is 0. The first kappa shape index (κ1) is 16.1. The molecule has 0 saturated heterocycles. The Kier molecular flexibility index (Phi) is 4.24. The maximum Gasteiger partial charge on any atom is 0.279 e. The Morgan fingerprint density at radius 2 is 1.85 bits per heavy atom. The largest absolute Gasteiger partial charge is 0.296 e. The molecule has 0 fully saturated rings. The molecule has 0 bridgehead atoms. The fraction of sp³-hybridized carbons (Fsp3) is 0. The van der Waals surface area contributed by atoms with Crippen LogP contribution in [0.1, 0.15) is 10.5 Å². The second-order valence-electron chi connectivity index (χ2n) is 5.38. The fourth-order valence-corrected chi connectivity index (χ4v) is 3.04. The van der Waals surface area contributed by atoms with Gasteiger partial charge in [-0.25, -0.2) is 14.1 Å². The number of para-hydroxylation sites is 1. The molecule has 0 atom stereocenters. The van der Waals surface area contributed by atoms with Gasteiger partial charge < -0.3 is 0 Å². The minimum atomic E-state index is -0.396. The Hall–Kier alpha value is -3.39. The number of carbonyl (C=O) groups excluding carboxylic acids is 1. The maximum absolute atomic E-state index is 13.0. The van der Waals surface area contributed by atoms with Crippen molar-refractivity contribution in [3.8, 4) is 16.9 Å². The second-order valence-corrected chi connectivity index (χ2v) is 6.24. The summed E-state index contributed by atoms with van der Waals surface area (Å²) in [6.07, 6.45) is 1.55. The standard InChI is InChI=1S/C18H12FN5OS/c19-13-8-6-12(7-9-13)16-11-26-18(20-16)21-17(25)15-10-24(23-22-15)14-4-2-1-3-5-14/h1-11H,(H,20,21,25). The Morgan fingerprint density at radius 1 is 1.08 bits per heavy atom. The van der Waals surface area contributed by atoms with Crippen LogP contribution in [0.5, 0.6) is 0 Å². The summed E-state index contributed by atoms with van der Waals surface area (Å²) in [6, 6.07) is 15.4. The Bertz CT molecular complexity index is 1040. The van der Waals surface area contributed by atoms with E-state index in [1.165, 1.54) is 28.2 Å². The van der Waals surface area contributed by atoms with E-state index in [1.54, 1.807) is 23.7 Å². The van der Waals surface area contributed by atoms with E-state index in [-0.39, 0.29) is 11.5 Å². The van der Waals surface area contributed by atoms with Crippen molar-refractivity contribution in [2.75, 3.05) is 5.32 Å². The van der Waals surface area contributed by atoms with Crippen LogP contribution in [0.4, 0.5) is 9.52 Å². The third kappa shape index (κ3) is 3.35. The Morgan fingerprint density at radius 3 is 2.62 bits per heavy atom. The van der Waals surface area contributed by atoms with Crippen LogP contribution >= 0.6 is 11.3 Å². The van der Waals surface area contributed by atoms with E-state index in [2.05, 4.69) is 20.6 Å². The summed E-state index contributed by atoms with van der Waals surface area (Å²) in [4.78, 5) is 16.7. The van der Waals surface area contributed by atoms with Gasteiger partial charge in [0, 0.05) is 10.9 Å². The zero-order chi connectivity index (χ0) is 17.9. The molecule has 0 saturated carbocycles. The highest BCUT2D eigenvalue weighted by atomic mass is 32.1. The van der Waals surface area contributed by atoms with Gasteiger partial charge in [-0.2, -0.15) is 0 Å². The predicted octanol–water partition coefficient (Wildman–Crippen LogP) is 3.78. The summed E-state index contributed by atoms with van der Waals surface area (Å²) in [5, 5.41) is 12.8. The first-order chi connectivity index (χ1) is 12.7. The van der Waals surface area contributed by atoms with Gasteiger partial charge in [-0.15, -0.1) is 16.4 Å². The summed E-state index contributed by atoms with van der Waals surface area (Å²) < 4.78 is 14.5. The molecular formula is C18H12FN5OS. The van der Waals surface area contributed by atoms with Gasteiger partial charge in [-0.1, -0.05) is 23.4 Å². The van der Waals surface area contributed by atoms with E-state index < -0.39 is 5.91 Å². The molecule has 128 valence electrons. The third-order valence-electron chi connectivity index (χ3n) is 3.61. The highest BCUT2D eigenvalue weighted by Crippen LogP contribution is 2.25. The van der Waals surface area contributed by atoms with Crippen LogP contribution in [0.25, 0.3) is 16.9 Å². The molecule has 0 aliphatic heterocycles. The summed E-state index contributed by atoms with van der Waals surface area (Å²) in [5.74, 6) is -0.703. The molecule has 8 heteroatoms. The molecule has 2 heterocycles. The predicted molar refractivity (Wildman–Crippen MR) is 96.8 cm³/mol. The van der Waals surface area contributed by atoms with Gasteiger partial charge in [0.05, 0.1) is 17.6 Å².